The Kier molecular flexibility index (Phi) is 15.0. The van der Waals surface area contributed by atoms with Crippen molar-refractivity contribution in [2.75, 3.05) is 11.9 Å². The van der Waals surface area contributed by atoms with Gasteiger partial charge in [-0.25, -0.2) is 22.8 Å². The topological polar surface area (TPSA) is 253 Å². The highest BCUT2D eigenvalue weighted by atomic mass is 32.2. The second-order valence-corrected chi connectivity index (χ2v) is 19.4. The zero-order valence-electron chi connectivity index (χ0n) is 36.0. The standard InChI is InChI=1S/C34H47N5O10S.C9H7NO2/c1-9-21-17-34(21,29(43)38-50(46,47)24-13-14-24)37-27(41)25-16-23(48-30(44)35-22-12-10-11-20(15-22)19(2)40)18-39(25)28(42)26(32(3,4)5)36-31(45)49-33(6,7)8;1-7(12)8-3-2-4-9(5-8)10-6-11/h9-12,15,21,23-26H,1,13-14,16-18H2,2-8H3,(H,35,44)(H,36,45)(H,37,41)(H,38,43);2-5H,1H3/t21?,23-,25+,26-,34-;/m1./s1. The van der Waals surface area contributed by atoms with E-state index in [9.17, 15) is 46.8 Å². The predicted octanol–water partition coefficient (Wildman–Crippen LogP) is 4.87. The molecule has 5 amide bonds. The number of likely N-dealkylation sites (tertiary alicyclic amines) is 1. The second-order valence-electron chi connectivity index (χ2n) is 17.5. The van der Waals surface area contributed by atoms with Crippen molar-refractivity contribution >= 4 is 69.0 Å². The summed E-state index contributed by atoms with van der Waals surface area (Å²) in [4.78, 5) is 105. The molecule has 1 aliphatic heterocycles. The van der Waals surface area contributed by atoms with Crippen LogP contribution in [0, 0.1) is 11.3 Å². The van der Waals surface area contributed by atoms with Crippen LogP contribution < -0.4 is 20.7 Å². The first-order valence-corrected chi connectivity index (χ1v) is 21.4. The quantitative estimate of drug-likeness (QED) is 0.0910. The maximum absolute atomic E-state index is 14.2. The molecule has 3 fully saturated rings. The molecule has 334 valence electrons. The van der Waals surface area contributed by atoms with E-state index in [1.165, 1.54) is 37.0 Å². The van der Waals surface area contributed by atoms with Gasteiger partial charge in [-0.15, -0.1) is 6.58 Å². The highest BCUT2D eigenvalue weighted by molar-refractivity contribution is 7.91. The van der Waals surface area contributed by atoms with Crippen LogP contribution in [0.3, 0.4) is 0 Å². The molecule has 3 aliphatic rings. The SMILES string of the molecule is C=CC1C[C@]1(NC(=O)[C@@H]1C[C@@H](OC(=O)Nc2cccc(C(C)=O)c2)CN1C(=O)[C@@H](NC(=O)OC(C)(C)C)C(C)(C)C)C(=O)NS(=O)(=O)C1CC1.CC(=O)c1cccc(N=C=O)c1. The molecule has 1 heterocycles. The van der Waals surface area contributed by atoms with Crippen LogP contribution >= 0.6 is 0 Å². The van der Waals surface area contributed by atoms with Gasteiger partial charge in [0.1, 0.15) is 29.3 Å². The van der Waals surface area contributed by atoms with E-state index in [-0.39, 0.29) is 36.6 Å². The third-order valence-corrected chi connectivity index (χ3v) is 11.9. The molecule has 62 heavy (non-hydrogen) atoms. The fraction of sp³-hybridized carbons (Fsp3) is 0.488. The lowest BCUT2D eigenvalue weighted by Gasteiger charge is -2.36. The van der Waals surface area contributed by atoms with E-state index in [0.717, 1.165) is 0 Å². The number of amides is 5. The molecule has 2 aliphatic carbocycles. The van der Waals surface area contributed by atoms with E-state index >= 15 is 0 Å². The van der Waals surface area contributed by atoms with Crippen molar-refractivity contribution < 1.29 is 56.2 Å². The number of Topliss-reactive ketones (excluding diaryl/α,β-unsaturated/α-hetero) is 2. The summed E-state index contributed by atoms with van der Waals surface area (Å²) in [5, 5.41) is 7.16. The molecule has 0 bridgehead atoms. The molecular formula is C43H54N6O12S. The monoisotopic (exact) mass is 878 g/mol. The number of ketones is 2. The first kappa shape index (κ1) is 48.5. The lowest BCUT2D eigenvalue weighted by atomic mass is 9.85. The van der Waals surface area contributed by atoms with Crippen molar-refractivity contribution in [3.63, 3.8) is 0 Å². The molecule has 0 aromatic heterocycles. The lowest BCUT2D eigenvalue weighted by Crippen LogP contribution is -2.60. The van der Waals surface area contributed by atoms with Crippen LogP contribution in [0.1, 0.15) is 102 Å². The Bertz CT molecular complexity index is 2260. The minimum atomic E-state index is -3.93. The third kappa shape index (κ3) is 12.9. The number of alkyl carbamates (subject to hydrolysis) is 1. The number of nitrogens with one attached hydrogen (secondary N) is 4. The normalized spacial score (nSPS) is 21.0. The van der Waals surface area contributed by atoms with Gasteiger partial charge in [-0.3, -0.25) is 34.0 Å². The van der Waals surface area contributed by atoms with Gasteiger partial charge in [0, 0.05) is 29.2 Å². The van der Waals surface area contributed by atoms with Gasteiger partial charge in [0.15, 0.2) is 11.6 Å². The number of anilines is 1. The number of rotatable bonds is 13. The second kappa shape index (κ2) is 19.2. The number of nitrogens with zero attached hydrogens (tertiary/aromatic N) is 2. The molecule has 0 radical (unpaired) electrons. The first-order valence-electron chi connectivity index (χ1n) is 19.9. The maximum Gasteiger partial charge on any atom is 0.411 e. The van der Waals surface area contributed by atoms with E-state index in [2.05, 4.69) is 32.2 Å². The number of carbonyl (C=O) groups excluding carboxylic acids is 8. The minimum Gasteiger partial charge on any atom is -0.444 e. The maximum atomic E-state index is 14.2. The van der Waals surface area contributed by atoms with Gasteiger partial charge < -0.3 is 25.0 Å². The highest BCUT2D eigenvalue weighted by Gasteiger charge is 2.62. The van der Waals surface area contributed by atoms with Crippen molar-refractivity contribution in [3.8, 4) is 0 Å². The van der Waals surface area contributed by atoms with Crippen molar-refractivity contribution in [1.29, 1.82) is 0 Å². The Morgan fingerprint density at radius 1 is 0.935 bits per heavy atom. The Morgan fingerprint density at radius 3 is 2.08 bits per heavy atom. The van der Waals surface area contributed by atoms with E-state index in [4.69, 9.17) is 9.47 Å². The van der Waals surface area contributed by atoms with Crippen molar-refractivity contribution in [1.82, 2.24) is 20.3 Å². The first-order chi connectivity index (χ1) is 28.8. The number of aliphatic imine (C=N–C) groups is 1. The molecule has 19 heteroatoms. The Labute approximate surface area is 360 Å². The van der Waals surface area contributed by atoms with Gasteiger partial charge in [0.2, 0.25) is 27.9 Å². The van der Waals surface area contributed by atoms with E-state index in [1.807, 2.05) is 0 Å². The molecule has 1 saturated heterocycles. The molecule has 5 atom stereocenters. The minimum absolute atomic E-state index is 0.0436. The van der Waals surface area contributed by atoms with Crippen LogP contribution in [0.2, 0.25) is 0 Å². The molecule has 2 aromatic rings. The summed E-state index contributed by atoms with van der Waals surface area (Å²) in [5.74, 6) is -3.19. The van der Waals surface area contributed by atoms with Gasteiger partial charge in [0.05, 0.1) is 17.5 Å². The van der Waals surface area contributed by atoms with Gasteiger partial charge in [-0.2, -0.15) is 4.99 Å². The molecule has 18 nitrogen and oxygen atoms in total. The Hall–Kier alpha value is -6.20. The number of hydrogen-bond acceptors (Lipinski definition) is 13. The molecule has 0 spiro atoms. The van der Waals surface area contributed by atoms with Crippen molar-refractivity contribution in [2.45, 2.75) is 116 Å². The average Bonchev–Trinajstić information content (AvgIpc) is 4.10. The van der Waals surface area contributed by atoms with Crippen LogP contribution in [-0.4, -0.2) is 102 Å². The van der Waals surface area contributed by atoms with E-state index in [0.29, 0.717) is 29.7 Å². The molecule has 5 rings (SSSR count). The molecule has 2 aromatic carbocycles. The fourth-order valence-corrected chi connectivity index (χ4v) is 7.96. The van der Waals surface area contributed by atoms with Crippen LogP contribution in [0.25, 0.3) is 0 Å². The summed E-state index contributed by atoms with van der Waals surface area (Å²) >= 11 is 0. The van der Waals surface area contributed by atoms with Gasteiger partial charge in [-0.05, 0) is 83.6 Å². The van der Waals surface area contributed by atoms with Crippen LogP contribution in [0.4, 0.5) is 21.0 Å². The Morgan fingerprint density at radius 2 is 1.55 bits per heavy atom. The van der Waals surface area contributed by atoms with E-state index in [1.54, 1.807) is 84.0 Å². The van der Waals surface area contributed by atoms with Gasteiger partial charge >= 0.3 is 12.2 Å². The van der Waals surface area contributed by atoms with E-state index < -0.39 is 85.8 Å². The number of benzene rings is 2. The van der Waals surface area contributed by atoms with Crippen LogP contribution in [0.15, 0.2) is 66.2 Å². The summed E-state index contributed by atoms with van der Waals surface area (Å²) in [6, 6.07) is 10.3. The van der Waals surface area contributed by atoms with Crippen molar-refractivity contribution in [2.24, 2.45) is 16.3 Å². The largest absolute Gasteiger partial charge is 0.444 e. The number of carbonyl (C=O) groups is 7. The molecular weight excluding hydrogens is 825 g/mol. The summed E-state index contributed by atoms with van der Waals surface area (Å²) in [6.45, 7) is 16.5. The van der Waals surface area contributed by atoms with Crippen LogP contribution in [-0.2, 0) is 38.7 Å². The number of ether oxygens (including phenoxy) is 2. The van der Waals surface area contributed by atoms with Gasteiger partial charge in [0.25, 0.3) is 5.91 Å². The summed E-state index contributed by atoms with van der Waals surface area (Å²) in [7, 11) is -3.93. The third-order valence-electron chi connectivity index (χ3n) is 10.1. The molecule has 2 saturated carbocycles. The summed E-state index contributed by atoms with van der Waals surface area (Å²) in [5.41, 5.74) is -1.71. The van der Waals surface area contributed by atoms with Crippen molar-refractivity contribution in [3.05, 3.63) is 72.3 Å². The molecule has 1 unspecified atom stereocenters. The predicted molar refractivity (Wildman–Crippen MR) is 227 cm³/mol. The number of sulfonamides is 1. The number of isocyanates is 1. The molecule has 4 N–H and O–H groups in total. The van der Waals surface area contributed by atoms with Gasteiger partial charge in [-0.1, -0.05) is 51.1 Å². The number of hydrogen-bond donors (Lipinski definition) is 4. The zero-order chi connectivity index (χ0) is 46.4. The Balaban J connectivity index is 0.000000605. The lowest BCUT2D eigenvalue weighted by molar-refractivity contribution is -0.143. The smallest absolute Gasteiger partial charge is 0.411 e. The summed E-state index contributed by atoms with van der Waals surface area (Å²) in [6.07, 6.45) is 0.840. The summed E-state index contributed by atoms with van der Waals surface area (Å²) < 4.78 is 38.3. The van der Waals surface area contributed by atoms with Crippen LogP contribution in [0.5, 0.6) is 0 Å². The average molecular weight is 879 g/mol. The highest BCUT2D eigenvalue weighted by Crippen LogP contribution is 2.45. The fourth-order valence-electron chi connectivity index (χ4n) is 6.60. The zero-order valence-corrected chi connectivity index (χ0v) is 36.8.